The maximum Gasteiger partial charge on any atom is 0.253 e. The standard InChI is InChI=1S/C11H11Cl2IN2O2/c12-9(13)11(18)16-6-5-15-10(17)7-3-1-2-4-8(7)14/h1-4,9H,5-6H2,(H,15,17)(H,16,18). The minimum Gasteiger partial charge on any atom is -0.352 e. The van der Waals surface area contributed by atoms with E-state index < -0.39 is 10.7 Å². The molecule has 1 aromatic carbocycles. The van der Waals surface area contributed by atoms with Gasteiger partial charge in [0.1, 0.15) is 0 Å². The molecule has 18 heavy (non-hydrogen) atoms. The van der Waals surface area contributed by atoms with E-state index in [1.807, 2.05) is 12.1 Å². The van der Waals surface area contributed by atoms with E-state index in [0.29, 0.717) is 12.1 Å². The fourth-order valence-corrected chi connectivity index (χ4v) is 1.97. The average molecular weight is 401 g/mol. The lowest BCUT2D eigenvalue weighted by Crippen LogP contribution is -2.36. The van der Waals surface area contributed by atoms with Crippen molar-refractivity contribution >= 4 is 57.6 Å². The van der Waals surface area contributed by atoms with E-state index in [0.717, 1.165) is 3.57 Å². The van der Waals surface area contributed by atoms with E-state index in [-0.39, 0.29) is 12.5 Å². The van der Waals surface area contributed by atoms with Crippen molar-refractivity contribution in [1.29, 1.82) is 0 Å². The first-order valence-corrected chi connectivity index (χ1v) is 7.06. The first kappa shape index (κ1) is 15.5. The summed E-state index contributed by atoms with van der Waals surface area (Å²) in [5, 5.41) is 5.17. The Labute approximate surface area is 129 Å². The van der Waals surface area contributed by atoms with Gasteiger partial charge in [0, 0.05) is 16.7 Å². The molecule has 1 rings (SSSR count). The second kappa shape index (κ2) is 7.81. The van der Waals surface area contributed by atoms with Crippen LogP contribution in [0.1, 0.15) is 10.4 Å². The molecule has 0 aromatic heterocycles. The number of nitrogens with one attached hydrogen (secondary N) is 2. The van der Waals surface area contributed by atoms with Gasteiger partial charge in [0.15, 0.2) is 4.84 Å². The van der Waals surface area contributed by atoms with Crippen LogP contribution in [-0.2, 0) is 4.79 Å². The number of halogens is 3. The zero-order chi connectivity index (χ0) is 13.5. The second-order valence-electron chi connectivity index (χ2n) is 3.33. The zero-order valence-corrected chi connectivity index (χ0v) is 12.9. The predicted molar refractivity (Wildman–Crippen MR) is 80.0 cm³/mol. The molecule has 1 aromatic rings. The molecule has 2 amide bonds. The Balaban J connectivity index is 2.35. The Morgan fingerprint density at radius 1 is 1.17 bits per heavy atom. The second-order valence-corrected chi connectivity index (χ2v) is 5.59. The molecule has 0 unspecified atom stereocenters. The number of carbonyl (C=O) groups is 2. The molecule has 0 saturated heterocycles. The third-order valence-electron chi connectivity index (χ3n) is 2.03. The highest BCUT2D eigenvalue weighted by Crippen LogP contribution is 2.10. The lowest BCUT2D eigenvalue weighted by molar-refractivity contribution is -0.119. The molecule has 0 aliphatic heterocycles. The highest BCUT2D eigenvalue weighted by molar-refractivity contribution is 14.1. The van der Waals surface area contributed by atoms with Crippen LogP contribution in [0.2, 0.25) is 0 Å². The monoisotopic (exact) mass is 400 g/mol. The molecule has 0 aliphatic rings. The number of amides is 2. The van der Waals surface area contributed by atoms with Crippen LogP contribution < -0.4 is 10.6 Å². The maximum atomic E-state index is 11.8. The van der Waals surface area contributed by atoms with Gasteiger partial charge >= 0.3 is 0 Å². The number of hydrogen-bond acceptors (Lipinski definition) is 2. The van der Waals surface area contributed by atoms with Gasteiger partial charge in [0.25, 0.3) is 11.8 Å². The van der Waals surface area contributed by atoms with Gasteiger partial charge in [-0.15, -0.1) is 0 Å². The largest absolute Gasteiger partial charge is 0.352 e. The van der Waals surface area contributed by atoms with Gasteiger partial charge in [0.05, 0.1) is 5.56 Å². The SMILES string of the molecule is O=C(NCCNC(=O)C(Cl)Cl)c1ccccc1I. The van der Waals surface area contributed by atoms with E-state index in [4.69, 9.17) is 23.2 Å². The van der Waals surface area contributed by atoms with Crippen LogP contribution in [0.15, 0.2) is 24.3 Å². The van der Waals surface area contributed by atoms with E-state index in [1.54, 1.807) is 12.1 Å². The smallest absolute Gasteiger partial charge is 0.253 e. The summed E-state index contributed by atoms with van der Waals surface area (Å²) in [7, 11) is 0. The van der Waals surface area contributed by atoms with Crippen molar-refractivity contribution < 1.29 is 9.59 Å². The number of benzene rings is 1. The lowest BCUT2D eigenvalue weighted by Gasteiger charge is -2.08. The summed E-state index contributed by atoms with van der Waals surface area (Å²) in [6, 6.07) is 7.25. The lowest BCUT2D eigenvalue weighted by atomic mass is 10.2. The van der Waals surface area contributed by atoms with Gasteiger partial charge in [-0.2, -0.15) is 0 Å². The molecular weight excluding hydrogens is 390 g/mol. The Morgan fingerprint density at radius 2 is 1.78 bits per heavy atom. The topological polar surface area (TPSA) is 58.2 Å². The van der Waals surface area contributed by atoms with E-state index in [2.05, 4.69) is 33.2 Å². The number of rotatable bonds is 5. The van der Waals surface area contributed by atoms with Crippen molar-refractivity contribution in [3.05, 3.63) is 33.4 Å². The summed E-state index contributed by atoms with van der Waals surface area (Å²) < 4.78 is 0.873. The first-order valence-electron chi connectivity index (χ1n) is 5.11. The van der Waals surface area contributed by atoms with Crippen LogP contribution in [0, 0.1) is 3.57 Å². The minimum absolute atomic E-state index is 0.178. The number of alkyl halides is 2. The van der Waals surface area contributed by atoms with Crippen LogP contribution >= 0.6 is 45.8 Å². The van der Waals surface area contributed by atoms with Crippen molar-refractivity contribution in [3.8, 4) is 0 Å². The van der Waals surface area contributed by atoms with E-state index in [9.17, 15) is 9.59 Å². The first-order chi connectivity index (χ1) is 8.52. The summed E-state index contributed by atoms with van der Waals surface area (Å²) >= 11 is 12.8. The molecule has 4 nitrogen and oxygen atoms in total. The van der Waals surface area contributed by atoms with Gasteiger partial charge < -0.3 is 10.6 Å². The van der Waals surface area contributed by atoms with Crippen molar-refractivity contribution in [1.82, 2.24) is 10.6 Å². The van der Waals surface area contributed by atoms with Gasteiger partial charge in [-0.3, -0.25) is 9.59 Å². The van der Waals surface area contributed by atoms with Crippen LogP contribution in [-0.4, -0.2) is 29.7 Å². The zero-order valence-electron chi connectivity index (χ0n) is 9.25. The van der Waals surface area contributed by atoms with E-state index in [1.165, 1.54) is 0 Å². The van der Waals surface area contributed by atoms with Gasteiger partial charge in [-0.25, -0.2) is 0 Å². The summed E-state index contributed by atoms with van der Waals surface area (Å²) in [6.07, 6.45) is 0. The molecule has 0 radical (unpaired) electrons. The molecule has 0 fully saturated rings. The Morgan fingerprint density at radius 3 is 2.39 bits per heavy atom. The third kappa shape index (κ3) is 4.99. The fourth-order valence-electron chi connectivity index (χ4n) is 1.18. The molecule has 0 bridgehead atoms. The number of carbonyl (C=O) groups excluding carboxylic acids is 2. The molecule has 0 spiro atoms. The number of hydrogen-bond donors (Lipinski definition) is 2. The fraction of sp³-hybridized carbons (Fsp3) is 0.273. The van der Waals surface area contributed by atoms with Crippen molar-refractivity contribution in [2.45, 2.75) is 4.84 Å². The van der Waals surface area contributed by atoms with Gasteiger partial charge in [0.2, 0.25) is 0 Å². The summed E-state index contributed by atoms with van der Waals surface area (Å²) in [6.45, 7) is 0.597. The molecule has 0 heterocycles. The molecule has 0 saturated carbocycles. The van der Waals surface area contributed by atoms with Crippen LogP contribution in [0.5, 0.6) is 0 Å². The summed E-state index contributed by atoms with van der Waals surface area (Å²) in [5.74, 6) is -0.649. The van der Waals surface area contributed by atoms with Gasteiger partial charge in [-0.05, 0) is 34.7 Å². The molecule has 98 valence electrons. The van der Waals surface area contributed by atoms with Crippen LogP contribution in [0.25, 0.3) is 0 Å². The average Bonchev–Trinajstić information content (AvgIpc) is 2.34. The highest BCUT2D eigenvalue weighted by Gasteiger charge is 2.11. The minimum atomic E-state index is -1.09. The summed E-state index contributed by atoms with van der Waals surface area (Å²) in [4.78, 5) is 21.7. The van der Waals surface area contributed by atoms with E-state index >= 15 is 0 Å². The van der Waals surface area contributed by atoms with Crippen molar-refractivity contribution in [2.75, 3.05) is 13.1 Å². The van der Waals surface area contributed by atoms with Crippen LogP contribution in [0.4, 0.5) is 0 Å². The van der Waals surface area contributed by atoms with Gasteiger partial charge in [-0.1, -0.05) is 35.3 Å². The molecule has 0 aliphatic carbocycles. The van der Waals surface area contributed by atoms with Crippen LogP contribution in [0.3, 0.4) is 0 Å². The Kier molecular flexibility index (Phi) is 6.73. The van der Waals surface area contributed by atoms with Crippen molar-refractivity contribution in [3.63, 3.8) is 0 Å². The third-order valence-corrected chi connectivity index (χ3v) is 3.36. The summed E-state index contributed by atoms with van der Waals surface area (Å²) in [5.41, 5.74) is 0.608. The van der Waals surface area contributed by atoms with Crippen molar-refractivity contribution in [2.24, 2.45) is 0 Å². The maximum absolute atomic E-state index is 11.8. The molecule has 0 atom stereocenters. The highest BCUT2D eigenvalue weighted by atomic mass is 127. The molecule has 2 N–H and O–H groups in total. The molecular formula is C11H11Cl2IN2O2. The Bertz CT molecular complexity index is 441. The normalized spacial score (nSPS) is 10.2. The predicted octanol–water partition coefficient (Wildman–Crippen LogP) is 1.94. The molecule has 7 heteroatoms. The quantitative estimate of drug-likeness (QED) is 0.451. The Hall–Kier alpha value is -0.530.